The average Bonchev–Trinajstić information content (AvgIpc) is 3.46. The van der Waals surface area contributed by atoms with E-state index < -0.39 is 10.4 Å². The van der Waals surface area contributed by atoms with Crippen LogP contribution in [0.2, 0.25) is 0 Å². The topological polar surface area (TPSA) is 141 Å². The van der Waals surface area contributed by atoms with E-state index in [1.54, 1.807) is 39.8 Å². The predicted octanol–water partition coefficient (Wildman–Crippen LogP) is 4.37. The molecule has 12 nitrogen and oxygen atoms in total. The first-order chi connectivity index (χ1) is 19.2. The highest BCUT2D eigenvalue weighted by Gasteiger charge is 2.33. The standard InChI is InChI=1S/C26H35N3O5S.H2O4S/c1-30-15-18-12-21(31-2)23(22(13-18)32-3)20-16-35-26-24(25(33-4)27-29(20)26)28(14-17-6-5-7-17)19-8-10-34-11-9-19;1-5(2,3)4/h12-13,16-17,19H,5-11,14-15H2,1-4H3;(H2,1,2,3,4). The van der Waals surface area contributed by atoms with Crippen LogP contribution in [-0.4, -0.2) is 81.4 Å². The summed E-state index contributed by atoms with van der Waals surface area (Å²) in [6, 6.07) is 4.42. The molecule has 0 spiro atoms. The molecule has 2 aromatic heterocycles. The third kappa shape index (κ3) is 6.98. The van der Waals surface area contributed by atoms with E-state index in [4.69, 9.17) is 46.3 Å². The number of thiazole rings is 1. The maximum atomic E-state index is 8.74. The molecular weight excluding hydrogens is 562 g/mol. The van der Waals surface area contributed by atoms with Gasteiger partial charge in [-0.1, -0.05) is 6.42 Å². The van der Waals surface area contributed by atoms with Crippen LogP contribution in [0.1, 0.15) is 37.7 Å². The van der Waals surface area contributed by atoms with E-state index in [2.05, 4.69) is 10.3 Å². The minimum atomic E-state index is -4.67. The Kier molecular flexibility index (Phi) is 10.1. The zero-order valence-corrected chi connectivity index (χ0v) is 24.8. The summed E-state index contributed by atoms with van der Waals surface area (Å²) in [5, 5.41) is 7.07. The average molecular weight is 600 g/mol. The number of methoxy groups -OCH3 is 4. The van der Waals surface area contributed by atoms with Crippen LogP contribution in [0.5, 0.6) is 17.4 Å². The molecule has 0 bridgehead atoms. The van der Waals surface area contributed by atoms with Gasteiger partial charge in [-0.05, 0) is 49.3 Å². The van der Waals surface area contributed by atoms with Gasteiger partial charge < -0.3 is 28.6 Å². The van der Waals surface area contributed by atoms with Gasteiger partial charge in [-0.25, -0.2) is 4.52 Å². The lowest BCUT2D eigenvalue weighted by Crippen LogP contribution is -2.43. The molecule has 3 aromatic rings. The van der Waals surface area contributed by atoms with Crippen molar-refractivity contribution in [3.63, 3.8) is 0 Å². The number of hydrogen-bond donors (Lipinski definition) is 2. The monoisotopic (exact) mass is 599 g/mol. The molecule has 222 valence electrons. The Labute approximate surface area is 238 Å². The Morgan fingerprint density at radius 1 is 1.05 bits per heavy atom. The quantitative estimate of drug-likeness (QED) is 0.321. The largest absolute Gasteiger partial charge is 0.496 e. The zero-order chi connectivity index (χ0) is 28.9. The lowest BCUT2D eigenvalue weighted by atomic mass is 9.84. The van der Waals surface area contributed by atoms with Crippen molar-refractivity contribution >= 4 is 32.3 Å². The summed E-state index contributed by atoms with van der Waals surface area (Å²) in [7, 11) is 2.08. The third-order valence-electron chi connectivity index (χ3n) is 7.22. The minimum absolute atomic E-state index is 0.425. The molecule has 3 heterocycles. The second-order valence-corrected chi connectivity index (χ2v) is 11.5. The third-order valence-corrected chi connectivity index (χ3v) is 8.15. The van der Waals surface area contributed by atoms with Gasteiger partial charge in [0.1, 0.15) is 22.0 Å². The Morgan fingerprint density at radius 3 is 2.17 bits per heavy atom. The van der Waals surface area contributed by atoms with Gasteiger partial charge in [0, 0.05) is 38.3 Å². The molecule has 1 aliphatic heterocycles. The van der Waals surface area contributed by atoms with Gasteiger partial charge in [0.05, 0.1) is 39.2 Å². The highest BCUT2D eigenvalue weighted by molar-refractivity contribution is 7.79. The fourth-order valence-corrected chi connectivity index (χ4v) is 6.19. The molecule has 2 N–H and O–H groups in total. The SMILES string of the molecule is COCc1cc(OC)c(-c2csc3c(N(CC4CCC4)C4CCOCC4)c(OC)nn23)c(OC)c1.O=S(=O)(O)O. The molecule has 0 unspecified atom stereocenters. The highest BCUT2D eigenvalue weighted by Crippen LogP contribution is 2.46. The molecule has 40 heavy (non-hydrogen) atoms. The van der Waals surface area contributed by atoms with Crippen LogP contribution in [0, 0.1) is 5.92 Å². The van der Waals surface area contributed by atoms with Gasteiger partial charge in [0.2, 0.25) is 0 Å². The van der Waals surface area contributed by atoms with E-state index in [0.29, 0.717) is 18.5 Å². The van der Waals surface area contributed by atoms with Crippen molar-refractivity contribution in [1.29, 1.82) is 0 Å². The summed E-state index contributed by atoms with van der Waals surface area (Å²) < 4.78 is 62.1. The van der Waals surface area contributed by atoms with Crippen molar-refractivity contribution in [2.75, 3.05) is 53.1 Å². The number of benzene rings is 1. The number of anilines is 1. The number of nitrogens with zero attached hydrogens (tertiary/aromatic N) is 3. The first-order valence-electron chi connectivity index (χ1n) is 13.0. The van der Waals surface area contributed by atoms with Gasteiger partial charge in [0.15, 0.2) is 0 Å². The zero-order valence-electron chi connectivity index (χ0n) is 23.2. The summed E-state index contributed by atoms with van der Waals surface area (Å²) >= 11 is 1.68. The molecule has 1 saturated carbocycles. The molecule has 0 amide bonds. The lowest BCUT2D eigenvalue weighted by Gasteiger charge is -2.40. The van der Waals surface area contributed by atoms with Crippen LogP contribution < -0.4 is 19.1 Å². The summed E-state index contributed by atoms with van der Waals surface area (Å²) in [5.41, 5.74) is 3.87. The maximum Gasteiger partial charge on any atom is 0.394 e. The van der Waals surface area contributed by atoms with Crippen molar-refractivity contribution in [2.24, 2.45) is 5.92 Å². The number of hydrogen-bond acceptors (Lipinski definition) is 10. The van der Waals surface area contributed by atoms with E-state index in [1.807, 2.05) is 16.6 Å². The predicted molar refractivity (Wildman–Crippen MR) is 152 cm³/mol. The van der Waals surface area contributed by atoms with E-state index in [9.17, 15) is 0 Å². The van der Waals surface area contributed by atoms with Crippen molar-refractivity contribution in [2.45, 2.75) is 44.8 Å². The maximum absolute atomic E-state index is 8.74. The van der Waals surface area contributed by atoms with E-state index in [-0.39, 0.29) is 0 Å². The van der Waals surface area contributed by atoms with E-state index in [1.165, 1.54) is 19.3 Å². The lowest BCUT2D eigenvalue weighted by molar-refractivity contribution is 0.0828. The molecule has 5 rings (SSSR count). The molecule has 0 radical (unpaired) electrons. The van der Waals surface area contributed by atoms with Crippen LogP contribution in [0.25, 0.3) is 16.1 Å². The minimum Gasteiger partial charge on any atom is -0.496 e. The first-order valence-corrected chi connectivity index (χ1v) is 15.3. The second kappa shape index (κ2) is 13.4. The number of fused-ring (bicyclic) bond motifs is 1. The van der Waals surface area contributed by atoms with Gasteiger partial charge >= 0.3 is 10.4 Å². The number of rotatable bonds is 10. The molecule has 1 aliphatic carbocycles. The smallest absolute Gasteiger partial charge is 0.394 e. The molecule has 14 heteroatoms. The molecule has 2 aliphatic rings. The Hall–Kier alpha value is -2.62. The van der Waals surface area contributed by atoms with Crippen molar-refractivity contribution in [3.05, 3.63) is 23.1 Å². The van der Waals surface area contributed by atoms with Crippen molar-refractivity contribution in [3.8, 4) is 28.6 Å². The van der Waals surface area contributed by atoms with Gasteiger partial charge in [-0.3, -0.25) is 9.11 Å². The Balaban J connectivity index is 0.000000681. The Morgan fingerprint density at radius 2 is 1.68 bits per heavy atom. The summed E-state index contributed by atoms with van der Waals surface area (Å²) in [5.74, 6) is 2.84. The van der Waals surface area contributed by atoms with Crippen molar-refractivity contribution in [1.82, 2.24) is 9.61 Å². The number of aromatic nitrogens is 2. The highest BCUT2D eigenvalue weighted by atomic mass is 32.3. The molecule has 2 fully saturated rings. The van der Waals surface area contributed by atoms with E-state index in [0.717, 1.165) is 77.4 Å². The normalized spacial score (nSPS) is 16.2. The molecule has 1 saturated heterocycles. The fourth-order valence-electron chi connectivity index (χ4n) is 5.20. The van der Waals surface area contributed by atoms with Crippen LogP contribution in [0.4, 0.5) is 5.69 Å². The van der Waals surface area contributed by atoms with E-state index >= 15 is 0 Å². The van der Waals surface area contributed by atoms with Gasteiger partial charge in [0.25, 0.3) is 5.88 Å². The van der Waals surface area contributed by atoms with Gasteiger partial charge in [-0.2, -0.15) is 8.42 Å². The van der Waals surface area contributed by atoms with Crippen LogP contribution in [0.15, 0.2) is 17.5 Å². The molecule has 0 atom stereocenters. The van der Waals surface area contributed by atoms with Crippen LogP contribution in [0.3, 0.4) is 0 Å². The van der Waals surface area contributed by atoms with Gasteiger partial charge in [-0.15, -0.1) is 16.4 Å². The summed E-state index contributed by atoms with van der Waals surface area (Å²) in [4.78, 5) is 3.64. The summed E-state index contributed by atoms with van der Waals surface area (Å²) in [6.07, 6.45) is 5.96. The van der Waals surface area contributed by atoms with Crippen molar-refractivity contribution < 1.29 is 41.2 Å². The molecule has 1 aromatic carbocycles. The van der Waals surface area contributed by atoms with Crippen LogP contribution >= 0.6 is 11.3 Å². The first kappa shape index (κ1) is 30.3. The number of ether oxygens (including phenoxy) is 5. The summed E-state index contributed by atoms with van der Waals surface area (Å²) in [6.45, 7) is 3.12. The second-order valence-electron chi connectivity index (χ2n) is 9.74. The molecular formula is C26H37N3O9S2. The Bertz CT molecular complexity index is 1350. The fraction of sp³-hybridized carbons (Fsp3) is 0.577. The van der Waals surface area contributed by atoms with Crippen LogP contribution in [-0.2, 0) is 26.5 Å².